The highest BCUT2D eigenvalue weighted by Gasteiger charge is 2.27. The molecule has 156 valence electrons. The summed E-state index contributed by atoms with van der Waals surface area (Å²) in [5.74, 6) is 0.0218. The van der Waals surface area contributed by atoms with E-state index in [9.17, 15) is 19.7 Å². The first-order chi connectivity index (χ1) is 14.5. The monoisotopic (exact) mass is 414 g/mol. The lowest BCUT2D eigenvalue weighted by Gasteiger charge is -2.25. The number of hydrogen-bond donors (Lipinski definition) is 2. The first kappa shape index (κ1) is 20.6. The summed E-state index contributed by atoms with van der Waals surface area (Å²) < 4.78 is 15.9. The van der Waals surface area contributed by atoms with Gasteiger partial charge in [-0.25, -0.2) is 5.43 Å². The van der Waals surface area contributed by atoms with Crippen LogP contribution in [0.3, 0.4) is 0 Å². The Balaban J connectivity index is 1.48. The summed E-state index contributed by atoms with van der Waals surface area (Å²) in [5, 5.41) is 17.2. The molecule has 2 N–H and O–H groups in total. The summed E-state index contributed by atoms with van der Waals surface area (Å²) in [6.07, 6.45) is 0.359. The molecule has 30 heavy (non-hydrogen) atoms. The van der Waals surface area contributed by atoms with E-state index in [1.165, 1.54) is 25.5 Å². The maximum atomic E-state index is 12.2. The van der Waals surface area contributed by atoms with Gasteiger partial charge in [0.2, 0.25) is 6.10 Å². The summed E-state index contributed by atoms with van der Waals surface area (Å²) in [5.41, 5.74) is 2.39. The Hall–Kier alpha value is -4.15. The number of nitrogens with one attached hydrogen (secondary N) is 2. The normalized spacial score (nSPS) is 14.8. The number of nitrogens with zero attached hydrogens (tertiary/aromatic N) is 2. The number of ether oxygens (including phenoxy) is 3. The molecule has 3 rings (SSSR count). The number of rotatable bonds is 7. The van der Waals surface area contributed by atoms with Gasteiger partial charge in [0.15, 0.2) is 17.2 Å². The molecule has 11 nitrogen and oxygen atoms in total. The minimum absolute atomic E-state index is 0.0267. The maximum Gasteiger partial charge on any atom is 0.311 e. The molecule has 0 saturated heterocycles. The zero-order valence-corrected chi connectivity index (χ0v) is 15.9. The van der Waals surface area contributed by atoms with Crippen molar-refractivity contribution in [2.75, 3.05) is 20.3 Å². The maximum absolute atomic E-state index is 12.2. The smallest absolute Gasteiger partial charge is 0.311 e. The molecule has 0 unspecified atom stereocenters. The topological polar surface area (TPSA) is 141 Å². The predicted octanol–water partition coefficient (Wildman–Crippen LogP) is 1.01. The van der Waals surface area contributed by atoms with Crippen molar-refractivity contribution >= 4 is 23.7 Å². The zero-order chi connectivity index (χ0) is 21.5. The van der Waals surface area contributed by atoms with Crippen LogP contribution < -0.4 is 25.0 Å². The van der Waals surface area contributed by atoms with Crippen LogP contribution >= 0.6 is 0 Å². The van der Waals surface area contributed by atoms with Crippen LogP contribution in [0.1, 0.15) is 5.56 Å². The van der Waals surface area contributed by atoms with Crippen molar-refractivity contribution in [2.45, 2.75) is 6.10 Å². The average molecular weight is 414 g/mol. The first-order valence-corrected chi connectivity index (χ1v) is 8.78. The summed E-state index contributed by atoms with van der Waals surface area (Å²) in [6, 6.07) is 11.2. The fourth-order valence-electron chi connectivity index (χ4n) is 2.58. The van der Waals surface area contributed by atoms with E-state index in [0.29, 0.717) is 17.1 Å². The molecule has 2 amide bonds. The number of nitro groups is 1. The van der Waals surface area contributed by atoms with Crippen LogP contribution in [0.15, 0.2) is 47.6 Å². The Morgan fingerprint density at radius 2 is 2.07 bits per heavy atom. The molecular formula is C19H18N4O7. The Morgan fingerprint density at radius 1 is 1.30 bits per heavy atom. The second-order valence-corrected chi connectivity index (χ2v) is 6.06. The number of benzene rings is 2. The molecule has 1 atom stereocenters. The lowest BCUT2D eigenvalue weighted by atomic mass is 10.2. The van der Waals surface area contributed by atoms with Crippen LogP contribution in [-0.2, 0) is 9.59 Å². The lowest BCUT2D eigenvalue weighted by Crippen LogP contribution is -2.46. The number of amides is 2. The minimum atomic E-state index is -0.879. The van der Waals surface area contributed by atoms with E-state index in [1.54, 1.807) is 30.3 Å². The number of para-hydroxylation sites is 2. The van der Waals surface area contributed by atoms with Crippen molar-refractivity contribution in [3.8, 4) is 17.2 Å². The summed E-state index contributed by atoms with van der Waals surface area (Å²) in [4.78, 5) is 34.4. The SMILES string of the molecule is COc1ccc(/C=N\NC(=O)CNC(=O)[C@H]2COc3ccccc3O2)cc1[N+](=O)[O-]. The molecule has 0 radical (unpaired) electrons. The highest BCUT2D eigenvalue weighted by Crippen LogP contribution is 2.30. The number of carbonyl (C=O) groups excluding carboxylic acids is 2. The van der Waals surface area contributed by atoms with Crippen molar-refractivity contribution in [2.24, 2.45) is 5.10 Å². The van der Waals surface area contributed by atoms with Crippen LogP contribution in [0.5, 0.6) is 17.2 Å². The van der Waals surface area contributed by atoms with Gasteiger partial charge in [-0.1, -0.05) is 12.1 Å². The Labute approximate surface area is 170 Å². The molecule has 0 fully saturated rings. The van der Waals surface area contributed by atoms with E-state index in [1.807, 2.05) is 0 Å². The van der Waals surface area contributed by atoms with Crippen molar-refractivity contribution in [3.05, 3.63) is 58.1 Å². The van der Waals surface area contributed by atoms with E-state index in [0.717, 1.165) is 0 Å². The van der Waals surface area contributed by atoms with Crippen LogP contribution in [0.25, 0.3) is 0 Å². The third-order valence-corrected chi connectivity index (χ3v) is 4.03. The van der Waals surface area contributed by atoms with Gasteiger partial charge in [-0.15, -0.1) is 0 Å². The van der Waals surface area contributed by atoms with E-state index in [4.69, 9.17) is 14.2 Å². The van der Waals surface area contributed by atoms with Crippen LogP contribution in [-0.4, -0.2) is 49.3 Å². The summed E-state index contributed by atoms with van der Waals surface area (Å²) in [7, 11) is 1.33. The molecule has 2 aromatic carbocycles. The van der Waals surface area contributed by atoms with Crippen molar-refractivity contribution in [1.29, 1.82) is 0 Å². The highest BCUT2D eigenvalue weighted by atomic mass is 16.6. The van der Waals surface area contributed by atoms with Crippen molar-refractivity contribution in [3.63, 3.8) is 0 Å². The molecule has 11 heteroatoms. The number of hydrazone groups is 1. The van der Waals surface area contributed by atoms with Gasteiger partial charge in [0.1, 0.15) is 6.61 Å². The number of nitro benzene ring substituents is 1. The Bertz CT molecular complexity index is 993. The predicted molar refractivity (Wildman–Crippen MR) is 105 cm³/mol. The molecule has 0 aliphatic carbocycles. The highest BCUT2D eigenvalue weighted by molar-refractivity contribution is 5.88. The number of methoxy groups -OCH3 is 1. The summed E-state index contributed by atoms with van der Waals surface area (Å²) in [6.45, 7) is -0.306. The minimum Gasteiger partial charge on any atom is -0.490 e. The van der Waals surface area contributed by atoms with Gasteiger partial charge in [0.25, 0.3) is 11.8 Å². The first-order valence-electron chi connectivity index (χ1n) is 8.78. The lowest BCUT2D eigenvalue weighted by molar-refractivity contribution is -0.385. The van der Waals surface area contributed by atoms with E-state index >= 15 is 0 Å². The van der Waals surface area contributed by atoms with Gasteiger partial charge < -0.3 is 19.5 Å². The van der Waals surface area contributed by atoms with Gasteiger partial charge in [-0.3, -0.25) is 19.7 Å². The number of hydrogen-bond acceptors (Lipinski definition) is 8. The number of carbonyl (C=O) groups is 2. The third-order valence-electron chi connectivity index (χ3n) is 4.03. The van der Waals surface area contributed by atoms with Crippen LogP contribution in [0.4, 0.5) is 5.69 Å². The Morgan fingerprint density at radius 3 is 2.80 bits per heavy atom. The Kier molecular flexibility index (Phi) is 6.42. The van der Waals surface area contributed by atoms with Crippen LogP contribution in [0.2, 0.25) is 0 Å². The molecule has 1 aliphatic heterocycles. The van der Waals surface area contributed by atoms with Gasteiger partial charge in [0, 0.05) is 11.6 Å². The van der Waals surface area contributed by atoms with Crippen LogP contribution in [0, 0.1) is 10.1 Å². The average Bonchev–Trinajstić information content (AvgIpc) is 2.77. The van der Waals surface area contributed by atoms with Crippen molar-refractivity contribution < 1.29 is 28.7 Å². The molecule has 0 bridgehead atoms. The second kappa shape index (κ2) is 9.37. The summed E-state index contributed by atoms with van der Waals surface area (Å²) >= 11 is 0. The fourth-order valence-corrected chi connectivity index (χ4v) is 2.58. The van der Waals surface area contributed by atoms with Crippen molar-refractivity contribution in [1.82, 2.24) is 10.7 Å². The van der Waals surface area contributed by atoms with E-state index < -0.39 is 22.8 Å². The van der Waals surface area contributed by atoms with E-state index in [-0.39, 0.29) is 24.6 Å². The number of fused-ring (bicyclic) bond motifs is 1. The molecule has 1 aliphatic rings. The third kappa shape index (κ3) is 5.01. The molecular weight excluding hydrogens is 396 g/mol. The fraction of sp³-hybridized carbons (Fsp3) is 0.211. The standard InChI is InChI=1S/C19H18N4O7/c1-28-14-7-6-12(8-13(14)23(26)27)9-21-22-18(24)10-20-19(25)17-11-29-15-4-2-3-5-16(15)30-17/h2-9,17H,10-11H2,1H3,(H,20,25)(H,22,24)/b21-9-/t17-/m1/s1. The molecule has 0 saturated carbocycles. The quantitative estimate of drug-likeness (QED) is 0.391. The van der Waals surface area contributed by atoms with Gasteiger partial charge >= 0.3 is 5.69 Å². The molecule has 1 heterocycles. The molecule has 0 aromatic heterocycles. The van der Waals surface area contributed by atoms with Gasteiger partial charge in [-0.2, -0.15) is 5.10 Å². The second-order valence-electron chi connectivity index (χ2n) is 6.06. The molecule has 0 spiro atoms. The van der Waals surface area contributed by atoms with Gasteiger partial charge in [-0.05, 0) is 24.3 Å². The van der Waals surface area contributed by atoms with Gasteiger partial charge in [0.05, 0.1) is 24.8 Å². The zero-order valence-electron chi connectivity index (χ0n) is 15.9. The largest absolute Gasteiger partial charge is 0.490 e. The van der Waals surface area contributed by atoms with E-state index in [2.05, 4.69) is 15.8 Å². The molecule has 2 aromatic rings.